The molecule has 1 unspecified atom stereocenters. The minimum atomic E-state index is -0.879. The molecule has 102 valence electrons. The predicted molar refractivity (Wildman–Crippen MR) is 69.8 cm³/mol. The number of carboxylic acids is 1. The van der Waals surface area contributed by atoms with Gasteiger partial charge in [0.1, 0.15) is 5.69 Å². The zero-order chi connectivity index (χ0) is 14.0. The second-order valence-electron chi connectivity index (χ2n) is 5.10. The van der Waals surface area contributed by atoms with Crippen LogP contribution in [0.4, 0.5) is 0 Å². The van der Waals surface area contributed by atoms with Gasteiger partial charge in [-0.05, 0) is 31.4 Å². The number of nitrogens with zero attached hydrogens (tertiary/aromatic N) is 2. The van der Waals surface area contributed by atoms with Crippen LogP contribution in [0.1, 0.15) is 35.8 Å². The standard InChI is InChI=1S/C14H18N2O3/c1-9-4-3-7-15-12(9)13(17)16(11-5-6-11)8-10(2)14(18)19/h3-4,7,10-11H,5-6,8H2,1-2H3,(H,18,19). The Hall–Kier alpha value is -1.91. The van der Waals surface area contributed by atoms with Crippen molar-refractivity contribution in [3.63, 3.8) is 0 Å². The Morgan fingerprint density at radius 3 is 2.74 bits per heavy atom. The van der Waals surface area contributed by atoms with Crippen LogP contribution in [0.3, 0.4) is 0 Å². The average Bonchev–Trinajstić information content (AvgIpc) is 3.19. The normalized spacial score (nSPS) is 15.9. The summed E-state index contributed by atoms with van der Waals surface area (Å²) in [7, 11) is 0. The van der Waals surface area contributed by atoms with Crippen LogP contribution in [0.25, 0.3) is 0 Å². The molecule has 0 spiro atoms. The number of aliphatic carboxylic acids is 1. The van der Waals surface area contributed by atoms with Crippen LogP contribution in [0.5, 0.6) is 0 Å². The van der Waals surface area contributed by atoms with Crippen molar-refractivity contribution in [2.45, 2.75) is 32.7 Å². The number of pyridine rings is 1. The Balaban J connectivity index is 2.18. The summed E-state index contributed by atoms with van der Waals surface area (Å²) in [5, 5.41) is 8.99. The predicted octanol–water partition coefficient (Wildman–Crippen LogP) is 1.72. The van der Waals surface area contributed by atoms with Gasteiger partial charge >= 0.3 is 5.97 Å². The topological polar surface area (TPSA) is 70.5 Å². The van der Waals surface area contributed by atoms with Gasteiger partial charge < -0.3 is 10.0 Å². The largest absolute Gasteiger partial charge is 0.481 e. The lowest BCUT2D eigenvalue weighted by Crippen LogP contribution is -2.39. The molecule has 19 heavy (non-hydrogen) atoms. The summed E-state index contributed by atoms with van der Waals surface area (Å²) < 4.78 is 0. The SMILES string of the molecule is Cc1cccnc1C(=O)N(CC(C)C(=O)O)C1CC1. The summed E-state index contributed by atoms with van der Waals surface area (Å²) in [6, 6.07) is 3.80. The second kappa shape index (κ2) is 5.38. The van der Waals surface area contributed by atoms with Crippen LogP contribution >= 0.6 is 0 Å². The zero-order valence-corrected chi connectivity index (χ0v) is 11.2. The van der Waals surface area contributed by atoms with E-state index in [-0.39, 0.29) is 18.5 Å². The van der Waals surface area contributed by atoms with Gasteiger partial charge in [-0.25, -0.2) is 0 Å². The Morgan fingerprint density at radius 1 is 1.53 bits per heavy atom. The minimum Gasteiger partial charge on any atom is -0.481 e. The van der Waals surface area contributed by atoms with E-state index >= 15 is 0 Å². The molecule has 2 rings (SSSR count). The van der Waals surface area contributed by atoms with E-state index in [1.54, 1.807) is 24.1 Å². The molecule has 1 aliphatic rings. The van der Waals surface area contributed by atoms with Crippen LogP contribution in [0, 0.1) is 12.8 Å². The first-order valence-electron chi connectivity index (χ1n) is 6.46. The highest BCUT2D eigenvalue weighted by atomic mass is 16.4. The van der Waals surface area contributed by atoms with Gasteiger partial charge in [0.15, 0.2) is 0 Å². The Labute approximate surface area is 112 Å². The third-order valence-corrected chi connectivity index (χ3v) is 3.35. The number of hydrogen-bond donors (Lipinski definition) is 1. The van der Waals surface area contributed by atoms with Crippen LogP contribution in [0.15, 0.2) is 18.3 Å². The molecule has 0 saturated heterocycles. The maximum Gasteiger partial charge on any atom is 0.308 e. The lowest BCUT2D eigenvalue weighted by Gasteiger charge is -2.24. The number of amides is 1. The molecule has 1 heterocycles. The van der Waals surface area contributed by atoms with E-state index in [1.165, 1.54) is 0 Å². The van der Waals surface area contributed by atoms with Crippen LogP contribution in [-0.4, -0.2) is 39.5 Å². The summed E-state index contributed by atoms with van der Waals surface area (Å²) >= 11 is 0. The Morgan fingerprint density at radius 2 is 2.21 bits per heavy atom. The molecule has 1 aliphatic carbocycles. The number of carbonyl (C=O) groups is 2. The minimum absolute atomic E-state index is 0.159. The van der Waals surface area contributed by atoms with E-state index in [9.17, 15) is 9.59 Å². The molecule has 1 atom stereocenters. The number of aromatic nitrogens is 1. The summed E-state index contributed by atoms with van der Waals surface area (Å²) in [5.74, 6) is -1.60. The summed E-state index contributed by atoms with van der Waals surface area (Å²) in [5.41, 5.74) is 1.24. The fraction of sp³-hybridized carbons (Fsp3) is 0.500. The molecule has 1 aromatic heterocycles. The molecule has 0 bridgehead atoms. The van der Waals surface area contributed by atoms with Crippen molar-refractivity contribution in [3.8, 4) is 0 Å². The maximum atomic E-state index is 12.5. The van der Waals surface area contributed by atoms with Crippen molar-refractivity contribution < 1.29 is 14.7 Å². The van der Waals surface area contributed by atoms with E-state index in [2.05, 4.69) is 4.98 Å². The van der Waals surface area contributed by atoms with Crippen molar-refractivity contribution >= 4 is 11.9 Å². The first-order chi connectivity index (χ1) is 9.00. The number of rotatable bonds is 5. The van der Waals surface area contributed by atoms with Crippen molar-refractivity contribution in [2.24, 2.45) is 5.92 Å². The number of carbonyl (C=O) groups excluding carboxylic acids is 1. The van der Waals surface area contributed by atoms with Crippen LogP contribution < -0.4 is 0 Å². The van der Waals surface area contributed by atoms with Crippen LogP contribution in [-0.2, 0) is 4.79 Å². The summed E-state index contributed by atoms with van der Waals surface area (Å²) in [4.78, 5) is 29.2. The van der Waals surface area contributed by atoms with Gasteiger partial charge in [-0.3, -0.25) is 14.6 Å². The van der Waals surface area contributed by atoms with Gasteiger partial charge in [0.25, 0.3) is 5.91 Å². The van der Waals surface area contributed by atoms with E-state index in [0.717, 1.165) is 18.4 Å². The van der Waals surface area contributed by atoms with E-state index in [1.807, 2.05) is 13.0 Å². The van der Waals surface area contributed by atoms with Gasteiger partial charge in [0, 0.05) is 18.8 Å². The molecule has 1 N–H and O–H groups in total. The lowest BCUT2D eigenvalue weighted by molar-refractivity contribution is -0.141. The molecular weight excluding hydrogens is 244 g/mol. The maximum absolute atomic E-state index is 12.5. The molecule has 1 aromatic rings. The quantitative estimate of drug-likeness (QED) is 0.877. The number of carboxylic acid groups (broad SMARTS) is 1. The first kappa shape index (κ1) is 13.5. The van der Waals surface area contributed by atoms with Crippen LogP contribution in [0.2, 0.25) is 0 Å². The second-order valence-corrected chi connectivity index (χ2v) is 5.10. The van der Waals surface area contributed by atoms with Crippen molar-refractivity contribution in [3.05, 3.63) is 29.6 Å². The van der Waals surface area contributed by atoms with Crippen molar-refractivity contribution in [2.75, 3.05) is 6.54 Å². The fourth-order valence-corrected chi connectivity index (χ4v) is 2.00. The van der Waals surface area contributed by atoms with Gasteiger partial charge in [0.2, 0.25) is 0 Å². The lowest BCUT2D eigenvalue weighted by atomic mass is 10.1. The molecule has 0 aromatic carbocycles. The first-order valence-corrected chi connectivity index (χ1v) is 6.46. The Kier molecular flexibility index (Phi) is 3.83. The highest BCUT2D eigenvalue weighted by Gasteiger charge is 2.35. The van der Waals surface area contributed by atoms with Gasteiger partial charge in [-0.2, -0.15) is 0 Å². The summed E-state index contributed by atoms with van der Waals surface area (Å²) in [6.07, 6.45) is 3.49. The molecule has 1 fully saturated rings. The zero-order valence-electron chi connectivity index (χ0n) is 11.2. The average molecular weight is 262 g/mol. The third-order valence-electron chi connectivity index (χ3n) is 3.35. The molecule has 5 nitrogen and oxygen atoms in total. The summed E-state index contributed by atoms with van der Waals surface area (Å²) in [6.45, 7) is 3.71. The molecule has 1 saturated carbocycles. The molecule has 5 heteroatoms. The molecule has 0 aliphatic heterocycles. The molecule has 0 radical (unpaired) electrons. The Bertz CT molecular complexity index is 497. The molecule has 1 amide bonds. The fourth-order valence-electron chi connectivity index (χ4n) is 2.00. The van der Waals surface area contributed by atoms with E-state index in [4.69, 9.17) is 5.11 Å². The monoisotopic (exact) mass is 262 g/mol. The van der Waals surface area contributed by atoms with Gasteiger partial charge in [0.05, 0.1) is 5.92 Å². The van der Waals surface area contributed by atoms with Gasteiger partial charge in [-0.15, -0.1) is 0 Å². The highest BCUT2D eigenvalue weighted by molar-refractivity contribution is 5.94. The van der Waals surface area contributed by atoms with E-state index in [0.29, 0.717) is 5.69 Å². The number of hydrogen-bond acceptors (Lipinski definition) is 3. The van der Waals surface area contributed by atoms with Crippen molar-refractivity contribution in [1.29, 1.82) is 0 Å². The number of aryl methyl sites for hydroxylation is 1. The molecular formula is C14H18N2O3. The third kappa shape index (κ3) is 3.10. The van der Waals surface area contributed by atoms with Crippen molar-refractivity contribution in [1.82, 2.24) is 9.88 Å². The smallest absolute Gasteiger partial charge is 0.308 e. The van der Waals surface area contributed by atoms with E-state index < -0.39 is 11.9 Å². The highest BCUT2D eigenvalue weighted by Crippen LogP contribution is 2.29. The van der Waals surface area contributed by atoms with Gasteiger partial charge in [-0.1, -0.05) is 13.0 Å².